The predicted octanol–water partition coefficient (Wildman–Crippen LogP) is 3.77. The first-order valence-electron chi connectivity index (χ1n) is 8.42. The van der Waals surface area contributed by atoms with Gasteiger partial charge in [0.1, 0.15) is 5.82 Å². The molecule has 3 aromatic rings. The van der Waals surface area contributed by atoms with E-state index in [2.05, 4.69) is 17.7 Å². The van der Waals surface area contributed by atoms with Crippen LogP contribution in [-0.2, 0) is 6.54 Å². The van der Waals surface area contributed by atoms with E-state index in [0.717, 1.165) is 17.9 Å². The first-order valence-corrected chi connectivity index (χ1v) is 9.05. The third-order valence-electron chi connectivity index (χ3n) is 3.58. The molecule has 0 saturated heterocycles. The Hall–Kier alpha value is -2.54. The van der Waals surface area contributed by atoms with Crippen LogP contribution in [-0.4, -0.2) is 20.1 Å². The van der Waals surface area contributed by atoms with Gasteiger partial charge >= 0.3 is 0 Å². The third-order valence-corrected chi connectivity index (χ3v) is 3.58. The Kier molecular flexibility index (Phi) is 7.03. The van der Waals surface area contributed by atoms with E-state index in [1.165, 1.54) is 12.1 Å². The fourth-order valence-corrected chi connectivity index (χ4v) is 2.44. The normalized spacial score (nSPS) is 10.3. The molecule has 0 saturated carbocycles. The van der Waals surface area contributed by atoms with Crippen LogP contribution in [0.4, 0.5) is 10.1 Å². The molecule has 0 aliphatic rings. The average Bonchev–Trinajstić information content (AvgIpc) is 3.07. The van der Waals surface area contributed by atoms with Gasteiger partial charge in [0.15, 0.2) is 0 Å². The molecule has 0 amide bonds. The number of rotatable bonds is 4. The summed E-state index contributed by atoms with van der Waals surface area (Å²) in [6, 6.07) is 7.77. The Morgan fingerprint density at radius 1 is 1.19 bits per heavy atom. The standard InChI is InChI=1S/C17H17FN4O.C2H6S/c1-2-7-21-11-14(4-6-17(21)23)22-10-12(9-20-22)15-5-3-13(19)8-16(15)18;1-2-3/h3-6,8-11H,2,7,19H2,1H3;3H,2H2,1H3. The second kappa shape index (κ2) is 9.24. The molecule has 1 aromatic carbocycles. The van der Waals surface area contributed by atoms with Crippen molar-refractivity contribution in [2.45, 2.75) is 26.8 Å². The Morgan fingerprint density at radius 3 is 2.58 bits per heavy atom. The van der Waals surface area contributed by atoms with Gasteiger partial charge in [-0.15, -0.1) is 0 Å². The van der Waals surface area contributed by atoms with Crippen molar-refractivity contribution in [2.24, 2.45) is 0 Å². The first-order chi connectivity index (χ1) is 12.5. The second-order valence-corrected chi connectivity index (χ2v) is 6.28. The van der Waals surface area contributed by atoms with E-state index in [-0.39, 0.29) is 11.4 Å². The molecule has 7 heteroatoms. The number of nitrogens with two attached hydrogens (primary N) is 1. The zero-order valence-corrected chi connectivity index (χ0v) is 15.8. The summed E-state index contributed by atoms with van der Waals surface area (Å²) in [7, 11) is 0. The third kappa shape index (κ3) is 4.76. The van der Waals surface area contributed by atoms with Crippen LogP contribution in [0.1, 0.15) is 20.3 Å². The summed E-state index contributed by atoms with van der Waals surface area (Å²) in [6.07, 6.45) is 5.93. The monoisotopic (exact) mass is 374 g/mol. The molecule has 0 spiro atoms. The lowest BCUT2D eigenvalue weighted by molar-refractivity contribution is 0.632. The van der Waals surface area contributed by atoms with Crippen LogP contribution >= 0.6 is 12.6 Å². The lowest BCUT2D eigenvalue weighted by atomic mass is 10.1. The Bertz CT molecular complexity index is 920. The minimum atomic E-state index is -0.388. The highest BCUT2D eigenvalue weighted by atomic mass is 32.1. The summed E-state index contributed by atoms with van der Waals surface area (Å²) in [4.78, 5) is 11.8. The molecule has 26 heavy (non-hydrogen) atoms. The molecular weight excluding hydrogens is 351 g/mol. The Morgan fingerprint density at radius 2 is 1.92 bits per heavy atom. The van der Waals surface area contributed by atoms with Crippen LogP contribution in [0.3, 0.4) is 0 Å². The maximum atomic E-state index is 14.0. The van der Waals surface area contributed by atoms with Gasteiger partial charge in [0.25, 0.3) is 5.56 Å². The maximum Gasteiger partial charge on any atom is 0.250 e. The topological polar surface area (TPSA) is 65.8 Å². The van der Waals surface area contributed by atoms with E-state index in [1.807, 2.05) is 13.8 Å². The number of hydrogen-bond acceptors (Lipinski definition) is 4. The molecule has 138 valence electrons. The van der Waals surface area contributed by atoms with Crippen molar-refractivity contribution in [3.63, 3.8) is 0 Å². The van der Waals surface area contributed by atoms with Gasteiger partial charge in [0.2, 0.25) is 0 Å². The number of hydrogen-bond donors (Lipinski definition) is 2. The number of aromatic nitrogens is 3. The van der Waals surface area contributed by atoms with Crippen molar-refractivity contribution in [1.29, 1.82) is 0 Å². The Balaban J connectivity index is 0.000000758. The number of anilines is 1. The predicted molar refractivity (Wildman–Crippen MR) is 107 cm³/mol. The molecule has 3 rings (SSSR count). The number of nitrogen functional groups attached to an aromatic ring is 1. The largest absolute Gasteiger partial charge is 0.399 e. The number of aryl methyl sites for hydroxylation is 1. The summed E-state index contributed by atoms with van der Waals surface area (Å²) in [6.45, 7) is 4.64. The minimum Gasteiger partial charge on any atom is -0.399 e. The highest BCUT2D eigenvalue weighted by molar-refractivity contribution is 7.80. The summed E-state index contributed by atoms with van der Waals surface area (Å²) in [5, 5.41) is 4.26. The molecule has 5 nitrogen and oxygen atoms in total. The van der Waals surface area contributed by atoms with E-state index < -0.39 is 0 Å². The van der Waals surface area contributed by atoms with Crippen molar-refractivity contribution in [2.75, 3.05) is 11.5 Å². The summed E-state index contributed by atoms with van der Waals surface area (Å²) < 4.78 is 17.3. The van der Waals surface area contributed by atoms with Crippen LogP contribution < -0.4 is 11.3 Å². The summed E-state index contributed by atoms with van der Waals surface area (Å²) in [5.41, 5.74) is 7.74. The highest BCUT2D eigenvalue weighted by Crippen LogP contribution is 2.24. The molecule has 2 aromatic heterocycles. The molecule has 2 N–H and O–H groups in total. The fraction of sp³-hybridized carbons (Fsp3) is 0.263. The van der Waals surface area contributed by atoms with Crippen LogP contribution in [0.15, 0.2) is 53.7 Å². The van der Waals surface area contributed by atoms with Gasteiger partial charge in [-0.2, -0.15) is 17.7 Å². The van der Waals surface area contributed by atoms with Crippen molar-refractivity contribution >= 4 is 18.3 Å². The minimum absolute atomic E-state index is 0.0486. The number of halogens is 1. The molecule has 0 aliphatic heterocycles. The van der Waals surface area contributed by atoms with Crippen molar-refractivity contribution in [1.82, 2.24) is 14.3 Å². The zero-order chi connectivity index (χ0) is 19.1. The molecule has 0 radical (unpaired) electrons. The van der Waals surface area contributed by atoms with Crippen molar-refractivity contribution in [3.05, 3.63) is 65.1 Å². The summed E-state index contributed by atoms with van der Waals surface area (Å²) >= 11 is 3.79. The van der Waals surface area contributed by atoms with Gasteiger partial charge in [-0.05, 0) is 36.4 Å². The first kappa shape index (κ1) is 19.8. The molecule has 0 unspecified atom stereocenters. The highest BCUT2D eigenvalue weighted by Gasteiger charge is 2.09. The Labute approximate surface area is 157 Å². The number of thiol groups is 1. The lowest BCUT2D eigenvalue weighted by Gasteiger charge is -2.07. The van der Waals surface area contributed by atoms with Crippen molar-refractivity contribution in [3.8, 4) is 16.8 Å². The number of pyridine rings is 1. The average molecular weight is 374 g/mol. The lowest BCUT2D eigenvalue weighted by Crippen LogP contribution is -2.19. The van der Waals surface area contributed by atoms with Crippen molar-refractivity contribution < 1.29 is 4.39 Å². The van der Waals surface area contributed by atoms with Crippen LogP contribution in [0.2, 0.25) is 0 Å². The summed E-state index contributed by atoms with van der Waals surface area (Å²) in [5.74, 6) is 0.556. The quantitative estimate of drug-likeness (QED) is 0.540. The fourth-order valence-electron chi connectivity index (χ4n) is 2.44. The SMILES string of the molecule is CCCn1cc(-n2cc(-c3ccc(N)cc3F)cn2)ccc1=O.CCS. The van der Waals surface area contributed by atoms with Gasteiger partial charge in [-0.3, -0.25) is 4.79 Å². The second-order valence-electron chi connectivity index (χ2n) is 5.65. The van der Waals surface area contributed by atoms with Crippen LogP contribution in [0.5, 0.6) is 0 Å². The number of nitrogens with zero attached hydrogens (tertiary/aromatic N) is 3. The van der Waals surface area contributed by atoms with E-state index in [0.29, 0.717) is 23.4 Å². The van der Waals surface area contributed by atoms with Gasteiger partial charge in [0, 0.05) is 41.8 Å². The molecule has 0 bridgehead atoms. The van der Waals surface area contributed by atoms with Gasteiger partial charge in [-0.1, -0.05) is 13.8 Å². The van der Waals surface area contributed by atoms with E-state index >= 15 is 0 Å². The number of benzene rings is 1. The van der Waals surface area contributed by atoms with Gasteiger partial charge < -0.3 is 10.3 Å². The zero-order valence-electron chi connectivity index (χ0n) is 14.9. The van der Waals surface area contributed by atoms with E-state index in [1.54, 1.807) is 46.0 Å². The molecule has 2 heterocycles. The van der Waals surface area contributed by atoms with E-state index in [9.17, 15) is 9.18 Å². The van der Waals surface area contributed by atoms with Crippen LogP contribution in [0, 0.1) is 5.82 Å². The smallest absolute Gasteiger partial charge is 0.250 e. The van der Waals surface area contributed by atoms with Gasteiger partial charge in [0.05, 0.1) is 11.9 Å². The maximum absolute atomic E-state index is 14.0. The molecule has 0 fully saturated rings. The molecule has 0 atom stereocenters. The molecular formula is C19H23FN4OS. The van der Waals surface area contributed by atoms with Crippen LogP contribution in [0.25, 0.3) is 16.8 Å². The van der Waals surface area contributed by atoms with Gasteiger partial charge in [-0.25, -0.2) is 9.07 Å². The van der Waals surface area contributed by atoms with E-state index in [4.69, 9.17) is 5.73 Å². The molecule has 0 aliphatic carbocycles.